The lowest BCUT2D eigenvalue weighted by atomic mass is 9.78. The predicted molar refractivity (Wildman–Crippen MR) is 60.5 cm³/mol. The molecule has 14 heavy (non-hydrogen) atoms. The van der Waals surface area contributed by atoms with E-state index in [1.165, 1.54) is 30.6 Å². The Kier molecular flexibility index (Phi) is 2.60. The molecular weight excluding hydrogens is 170 g/mol. The van der Waals surface area contributed by atoms with Gasteiger partial charge in [-0.25, -0.2) is 0 Å². The van der Waals surface area contributed by atoms with Crippen molar-refractivity contribution in [2.45, 2.75) is 26.7 Å². The van der Waals surface area contributed by atoms with Gasteiger partial charge < -0.3 is 5.32 Å². The zero-order valence-corrected chi connectivity index (χ0v) is 9.14. The Morgan fingerprint density at radius 1 is 1.14 bits per heavy atom. The Labute approximate surface area is 86.5 Å². The minimum absolute atomic E-state index is 0.508. The first-order chi connectivity index (χ1) is 6.72. The number of rotatable bonds is 3. The molecule has 0 spiro atoms. The van der Waals surface area contributed by atoms with Gasteiger partial charge in [0.25, 0.3) is 0 Å². The predicted octanol–water partition coefficient (Wildman–Crippen LogP) is 2.40. The van der Waals surface area contributed by atoms with Crippen LogP contribution in [-0.4, -0.2) is 13.1 Å². The standard InChI is InChI=1S/C13H19N/c1-3-11-4-6-12(7-5-11)8-13(2)9-14-10-13/h4-7,14H,3,8-10H2,1-2H3. The summed E-state index contributed by atoms with van der Waals surface area (Å²) in [5.74, 6) is 0. The van der Waals surface area contributed by atoms with Crippen molar-refractivity contribution in [3.05, 3.63) is 35.4 Å². The van der Waals surface area contributed by atoms with Gasteiger partial charge in [0.15, 0.2) is 0 Å². The van der Waals surface area contributed by atoms with Crippen molar-refractivity contribution in [3.63, 3.8) is 0 Å². The number of aryl methyl sites for hydroxylation is 1. The third kappa shape index (κ3) is 1.98. The van der Waals surface area contributed by atoms with Crippen LogP contribution >= 0.6 is 0 Å². The molecule has 0 aliphatic carbocycles. The van der Waals surface area contributed by atoms with Gasteiger partial charge in [-0.2, -0.15) is 0 Å². The summed E-state index contributed by atoms with van der Waals surface area (Å²) < 4.78 is 0. The highest BCUT2D eigenvalue weighted by Crippen LogP contribution is 2.26. The molecule has 0 unspecified atom stereocenters. The van der Waals surface area contributed by atoms with Gasteiger partial charge in [0.05, 0.1) is 0 Å². The number of hydrogen-bond donors (Lipinski definition) is 1. The molecule has 2 rings (SSSR count). The minimum Gasteiger partial charge on any atom is -0.316 e. The van der Waals surface area contributed by atoms with Crippen LogP contribution in [0.1, 0.15) is 25.0 Å². The molecule has 1 aromatic carbocycles. The minimum atomic E-state index is 0.508. The van der Waals surface area contributed by atoms with Crippen molar-refractivity contribution in [2.24, 2.45) is 5.41 Å². The van der Waals surface area contributed by atoms with Crippen LogP contribution in [0.4, 0.5) is 0 Å². The third-order valence-electron chi connectivity index (χ3n) is 3.17. The van der Waals surface area contributed by atoms with E-state index in [4.69, 9.17) is 0 Å². The van der Waals surface area contributed by atoms with Crippen molar-refractivity contribution in [3.8, 4) is 0 Å². The second kappa shape index (κ2) is 3.74. The summed E-state index contributed by atoms with van der Waals surface area (Å²) in [5.41, 5.74) is 3.42. The van der Waals surface area contributed by atoms with Crippen LogP contribution in [0.3, 0.4) is 0 Å². The Bertz CT molecular complexity index is 296. The van der Waals surface area contributed by atoms with Crippen molar-refractivity contribution in [1.29, 1.82) is 0 Å². The highest BCUT2D eigenvalue weighted by atomic mass is 15.0. The average molecular weight is 189 g/mol. The second-order valence-corrected chi connectivity index (χ2v) is 4.76. The van der Waals surface area contributed by atoms with E-state index in [9.17, 15) is 0 Å². The molecule has 1 saturated heterocycles. The van der Waals surface area contributed by atoms with E-state index in [1.54, 1.807) is 0 Å². The highest BCUT2D eigenvalue weighted by Gasteiger charge is 2.31. The number of hydrogen-bond acceptors (Lipinski definition) is 1. The zero-order chi connectivity index (χ0) is 10.0. The van der Waals surface area contributed by atoms with Crippen molar-refractivity contribution in [1.82, 2.24) is 5.32 Å². The Hall–Kier alpha value is -0.820. The fraction of sp³-hybridized carbons (Fsp3) is 0.538. The largest absolute Gasteiger partial charge is 0.316 e. The molecule has 1 N–H and O–H groups in total. The Balaban J connectivity index is 2.02. The van der Waals surface area contributed by atoms with E-state index in [2.05, 4.69) is 43.4 Å². The molecule has 76 valence electrons. The maximum absolute atomic E-state index is 3.34. The molecule has 1 aliphatic rings. The first-order valence-electron chi connectivity index (χ1n) is 5.50. The molecule has 0 bridgehead atoms. The van der Waals surface area contributed by atoms with E-state index in [1.807, 2.05) is 0 Å². The molecule has 0 saturated carbocycles. The lowest BCUT2D eigenvalue weighted by Gasteiger charge is -2.39. The maximum atomic E-state index is 3.34. The monoisotopic (exact) mass is 189 g/mol. The zero-order valence-electron chi connectivity index (χ0n) is 9.14. The van der Waals surface area contributed by atoms with Gasteiger partial charge in [-0.3, -0.25) is 0 Å². The fourth-order valence-corrected chi connectivity index (χ4v) is 2.06. The molecule has 1 aromatic rings. The first-order valence-corrected chi connectivity index (χ1v) is 5.50. The third-order valence-corrected chi connectivity index (χ3v) is 3.17. The SMILES string of the molecule is CCc1ccc(CC2(C)CNC2)cc1. The van der Waals surface area contributed by atoms with Crippen LogP contribution in [-0.2, 0) is 12.8 Å². The van der Waals surface area contributed by atoms with Crippen LogP contribution in [0.5, 0.6) is 0 Å². The van der Waals surface area contributed by atoms with Crippen LogP contribution in [0.15, 0.2) is 24.3 Å². The second-order valence-electron chi connectivity index (χ2n) is 4.76. The summed E-state index contributed by atoms with van der Waals surface area (Å²) in [6.07, 6.45) is 2.35. The molecule has 0 amide bonds. The van der Waals surface area contributed by atoms with Gasteiger partial charge in [0, 0.05) is 13.1 Å². The average Bonchev–Trinajstić information content (AvgIpc) is 2.17. The van der Waals surface area contributed by atoms with Crippen LogP contribution in [0.25, 0.3) is 0 Å². The molecule has 0 atom stereocenters. The highest BCUT2D eigenvalue weighted by molar-refractivity contribution is 5.24. The molecule has 1 aliphatic heterocycles. The van der Waals surface area contributed by atoms with Gasteiger partial charge in [-0.1, -0.05) is 38.1 Å². The van der Waals surface area contributed by atoms with Gasteiger partial charge in [-0.15, -0.1) is 0 Å². The normalized spacial score (nSPS) is 19.0. The van der Waals surface area contributed by atoms with Crippen molar-refractivity contribution < 1.29 is 0 Å². The quantitative estimate of drug-likeness (QED) is 0.770. The van der Waals surface area contributed by atoms with Gasteiger partial charge in [-0.05, 0) is 29.4 Å². The lowest BCUT2D eigenvalue weighted by molar-refractivity contribution is 0.195. The summed E-state index contributed by atoms with van der Waals surface area (Å²) in [7, 11) is 0. The van der Waals surface area contributed by atoms with Crippen LogP contribution in [0.2, 0.25) is 0 Å². The smallest absolute Gasteiger partial charge is 0.00208 e. The molecule has 0 radical (unpaired) electrons. The molecule has 1 nitrogen and oxygen atoms in total. The number of benzene rings is 1. The molecule has 0 aromatic heterocycles. The topological polar surface area (TPSA) is 12.0 Å². The summed E-state index contributed by atoms with van der Waals surface area (Å²) in [4.78, 5) is 0. The summed E-state index contributed by atoms with van der Waals surface area (Å²) in [6.45, 7) is 6.90. The molecular formula is C13H19N. The van der Waals surface area contributed by atoms with E-state index < -0.39 is 0 Å². The van der Waals surface area contributed by atoms with E-state index in [0.717, 1.165) is 6.42 Å². The molecule has 1 fully saturated rings. The summed E-state index contributed by atoms with van der Waals surface area (Å²) >= 11 is 0. The van der Waals surface area contributed by atoms with Crippen LogP contribution in [0, 0.1) is 5.41 Å². The van der Waals surface area contributed by atoms with E-state index in [-0.39, 0.29) is 0 Å². The molecule has 1 heteroatoms. The van der Waals surface area contributed by atoms with Crippen LogP contribution < -0.4 is 5.32 Å². The summed E-state index contributed by atoms with van der Waals surface area (Å²) in [5, 5.41) is 3.34. The Morgan fingerprint density at radius 3 is 2.14 bits per heavy atom. The Morgan fingerprint density at radius 2 is 1.71 bits per heavy atom. The van der Waals surface area contributed by atoms with Gasteiger partial charge in [0.2, 0.25) is 0 Å². The number of nitrogens with one attached hydrogen (secondary N) is 1. The lowest BCUT2D eigenvalue weighted by Crippen LogP contribution is -2.52. The van der Waals surface area contributed by atoms with E-state index >= 15 is 0 Å². The van der Waals surface area contributed by atoms with Crippen molar-refractivity contribution in [2.75, 3.05) is 13.1 Å². The molecule has 1 heterocycles. The fourth-order valence-electron chi connectivity index (χ4n) is 2.06. The van der Waals surface area contributed by atoms with Gasteiger partial charge >= 0.3 is 0 Å². The summed E-state index contributed by atoms with van der Waals surface area (Å²) in [6, 6.07) is 9.07. The van der Waals surface area contributed by atoms with E-state index in [0.29, 0.717) is 5.41 Å². The van der Waals surface area contributed by atoms with Gasteiger partial charge in [0.1, 0.15) is 0 Å². The maximum Gasteiger partial charge on any atom is 0.00208 e. The first kappa shape index (κ1) is 9.72. The van der Waals surface area contributed by atoms with Crippen molar-refractivity contribution >= 4 is 0 Å².